The Balaban J connectivity index is 1.44. The van der Waals surface area contributed by atoms with E-state index in [2.05, 4.69) is 53.7 Å². The molecule has 0 spiro atoms. The van der Waals surface area contributed by atoms with Crippen LogP contribution < -0.4 is 5.69 Å². The van der Waals surface area contributed by atoms with Crippen LogP contribution in [0.25, 0.3) is 22.5 Å². The topological polar surface area (TPSA) is 94.3 Å². The van der Waals surface area contributed by atoms with Gasteiger partial charge in [0.2, 0.25) is 5.82 Å². The van der Waals surface area contributed by atoms with Crippen molar-refractivity contribution >= 4 is 0 Å². The number of aromatic amines is 1. The lowest BCUT2D eigenvalue weighted by atomic mass is 9.69. The number of H-pyrrole nitrogens is 1. The van der Waals surface area contributed by atoms with E-state index in [1.165, 1.54) is 6.42 Å². The number of rotatable bonds is 9. The van der Waals surface area contributed by atoms with E-state index in [1.54, 1.807) is 0 Å². The average molecular weight is 472 g/mol. The van der Waals surface area contributed by atoms with Gasteiger partial charge in [-0.3, -0.25) is 14.1 Å². The quantitative estimate of drug-likeness (QED) is 0.375. The van der Waals surface area contributed by atoms with Crippen LogP contribution in [0.15, 0.2) is 53.6 Å². The van der Waals surface area contributed by atoms with Crippen LogP contribution in [0.3, 0.4) is 0 Å². The third kappa shape index (κ3) is 4.45. The second kappa shape index (κ2) is 9.98. The first kappa shape index (κ1) is 23.2. The monoisotopic (exact) mass is 471 g/mol. The van der Waals surface area contributed by atoms with Crippen molar-refractivity contribution in [2.45, 2.75) is 65.5 Å². The van der Waals surface area contributed by atoms with Gasteiger partial charge < -0.3 is 0 Å². The molecule has 1 aromatic carbocycles. The Labute approximate surface area is 205 Å². The van der Waals surface area contributed by atoms with Crippen LogP contribution in [-0.4, -0.2) is 34.7 Å². The maximum atomic E-state index is 13.5. The SMILES string of the molecule is CCCCc1cn(C2C(C)CC2CC)c(=O)n1Cc1ccc(-c2ccccc2-c2nn[nH]n2)cn1. The lowest BCUT2D eigenvalue weighted by Crippen LogP contribution is -2.41. The standard InChI is InChI=1S/C27H33N7O/c1-4-6-9-22-17-34(25-18(3)14-19(25)5-2)27(35)33(22)16-21-13-12-20(15-28-21)23-10-7-8-11-24(23)26-29-31-32-30-26/h7-8,10-13,15,17-19,25H,4-6,9,14,16H2,1-3H3,(H,29,30,31,32). The molecule has 3 heterocycles. The van der Waals surface area contributed by atoms with Crippen LogP contribution in [0.1, 0.15) is 63.9 Å². The van der Waals surface area contributed by atoms with Gasteiger partial charge in [-0.1, -0.05) is 63.9 Å². The van der Waals surface area contributed by atoms with Gasteiger partial charge in [0.25, 0.3) is 0 Å². The van der Waals surface area contributed by atoms with Gasteiger partial charge in [-0.2, -0.15) is 5.21 Å². The number of benzene rings is 1. The van der Waals surface area contributed by atoms with Gasteiger partial charge in [0, 0.05) is 35.3 Å². The minimum atomic E-state index is 0.0967. The van der Waals surface area contributed by atoms with Crippen molar-refractivity contribution in [3.8, 4) is 22.5 Å². The van der Waals surface area contributed by atoms with Gasteiger partial charge in [0.1, 0.15) is 0 Å². The highest BCUT2D eigenvalue weighted by Crippen LogP contribution is 2.45. The molecule has 0 amide bonds. The fraction of sp³-hybridized carbons (Fsp3) is 0.444. The Kier molecular flexibility index (Phi) is 6.61. The fourth-order valence-corrected chi connectivity index (χ4v) is 5.47. The average Bonchev–Trinajstić information content (AvgIpc) is 3.51. The van der Waals surface area contributed by atoms with E-state index in [0.29, 0.717) is 30.2 Å². The summed E-state index contributed by atoms with van der Waals surface area (Å²) in [6.07, 6.45) is 9.39. The molecule has 1 aliphatic rings. The van der Waals surface area contributed by atoms with Crippen molar-refractivity contribution in [3.05, 3.63) is 70.7 Å². The fourth-order valence-electron chi connectivity index (χ4n) is 5.47. The van der Waals surface area contributed by atoms with Crippen molar-refractivity contribution in [3.63, 3.8) is 0 Å². The Morgan fingerprint density at radius 2 is 1.94 bits per heavy atom. The molecule has 0 saturated heterocycles. The summed E-state index contributed by atoms with van der Waals surface area (Å²) in [5.41, 5.74) is 4.94. The summed E-state index contributed by atoms with van der Waals surface area (Å²) >= 11 is 0. The van der Waals surface area contributed by atoms with E-state index in [1.807, 2.05) is 45.7 Å². The van der Waals surface area contributed by atoms with Gasteiger partial charge >= 0.3 is 5.69 Å². The first-order valence-corrected chi connectivity index (χ1v) is 12.7. The summed E-state index contributed by atoms with van der Waals surface area (Å²) in [6.45, 7) is 7.16. The second-order valence-corrected chi connectivity index (χ2v) is 9.69. The van der Waals surface area contributed by atoms with Crippen molar-refractivity contribution in [1.82, 2.24) is 34.7 Å². The molecule has 8 heteroatoms. The van der Waals surface area contributed by atoms with Crippen LogP contribution in [-0.2, 0) is 13.0 Å². The van der Waals surface area contributed by atoms with Crippen molar-refractivity contribution in [2.75, 3.05) is 0 Å². The number of nitrogens with zero attached hydrogens (tertiary/aromatic N) is 6. The highest BCUT2D eigenvalue weighted by Gasteiger charge is 2.39. The maximum Gasteiger partial charge on any atom is 0.328 e. The zero-order chi connectivity index (χ0) is 24.4. The molecular formula is C27H33N7O. The Morgan fingerprint density at radius 1 is 1.11 bits per heavy atom. The van der Waals surface area contributed by atoms with Gasteiger partial charge in [0.15, 0.2) is 0 Å². The third-order valence-electron chi connectivity index (χ3n) is 7.43. The molecule has 1 N–H and O–H groups in total. The van der Waals surface area contributed by atoms with E-state index in [-0.39, 0.29) is 5.69 Å². The largest absolute Gasteiger partial charge is 0.328 e. The molecule has 0 aliphatic heterocycles. The van der Waals surface area contributed by atoms with E-state index in [9.17, 15) is 4.79 Å². The van der Waals surface area contributed by atoms with E-state index >= 15 is 0 Å². The van der Waals surface area contributed by atoms with E-state index < -0.39 is 0 Å². The van der Waals surface area contributed by atoms with Crippen LogP contribution in [0.5, 0.6) is 0 Å². The first-order valence-electron chi connectivity index (χ1n) is 12.7. The molecule has 3 atom stereocenters. The van der Waals surface area contributed by atoms with Crippen LogP contribution in [0, 0.1) is 11.8 Å². The molecule has 0 radical (unpaired) electrons. The van der Waals surface area contributed by atoms with Crippen molar-refractivity contribution in [1.29, 1.82) is 0 Å². The molecule has 8 nitrogen and oxygen atoms in total. The minimum Gasteiger partial charge on any atom is -0.295 e. The number of tetrazole rings is 1. The zero-order valence-electron chi connectivity index (χ0n) is 20.7. The maximum absolute atomic E-state index is 13.5. The highest BCUT2D eigenvalue weighted by molar-refractivity contribution is 5.79. The second-order valence-electron chi connectivity index (χ2n) is 9.69. The van der Waals surface area contributed by atoms with E-state index in [0.717, 1.165) is 53.8 Å². The normalized spacial score (nSPS) is 19.6. The zero-order valence-corrected chi connectivity index (χ0v) is 20.7. The molecule has 1 aliphatic carbocycles. The lowest BCUT2D eigenvalue weighted by molar-refractivity contribution is 0.0882. The smallest absolute Gasteiger partial charge is 0.295 e. The molecule has 35 heavy (non-hydrogen) atoms. The number of imidazole rings is 1. The molecule has 4 aromatic rings. The summed E-state index contributed by atoms with van der Waals surface area (Å²) in [4.78, 5) is 18.3. The molecule has 5 rings (SSSR count). The Morgan fingerprint density at radius 3 is 2.60 bits per heavy atom. The van der Waals surface area contributed by atoms with Crippen molar-refractivity contribution < 1.29 is 0 Å². The van der Waals surface area contributed by atoms with Gasteiger partial charge in [-0.15, -0.1) is 10.2 Å². The Hall–Kier alpha value is -3.55. The molecule has 0 bridgehead atoms. The van der Waals surface area contributed by atoms with Gasteiger partial charge in [0.05, 0.1) is 12.2 Å². The minimum absolute atomic E-state index is 0.0967. The van der Waals surface area contributed by atoms with Crippen LogP contribution in [0.2, 0.25) is 0 Å². The number of nitrogens with one attached hydrogen (secondary N) is 1. The van der Waals surface area contributed by atoms with Gasteiger partial charge in [-0.25, -0.2) is 4.79 Å². The number of aryl methyl sites for hydroxylation is 1. The van der Waals surface area contributed by atoms with E-state index in [4.69, 9.17) is 4.98 Å². The number of pyridine rings is 1. The summed E-state index contributed by atoms with van der Waals surface area (Å²) in [5, 5.41) is 14.5. The molecule has 1 saturated carbocycles. The number of hydrogen-bond acceptors (Lipinski definition) is 5. The first-order chi connectivity index (χ1) is 17.1. The number of aromatic nitrogens is 7. The lowest BCUT2D eigenvalue weighted by Gasteiger charge is -2.43. The van der Waals surface area contributed by atoms with Crippen LogP contribution in [0.4, 0.5) is 0 Å². The number of unbranched alkanes of at least 4 members (excludes halogenated alkanes) is 1. The van der Waals surface area contributed by atoms with Gasteiger partial charge in [-0.05, 0) is 47.9 Å². The molecular weight excluding hydrogens is 438 g/mol. The molecule has 182 valence electrons. The van der Waals surface area contributed by atoms with Crippen molar-refractivity contribution in [2.24, 2.45) is 11.8 Å². The van der Waals surface area contributed by atoms with Crippen LogP contribution >= 0.6 is 0 Å². The molecule has 3 aromatic heterocycles. The molecule has 3 unspecified atom stereocenters. The predicted octanol–water partition coefficient (Wildman–Crippen LogP) is 4.89. The number of hydrogen-bond donors (Lipinski definition) is 1. The summed E-state index contributed by atoms with van der Waals surface area (Å²) < 4.78 is 3.95. The Bertz CT molecular complexity index is 1320. The third-order valence-corrected chi connectivity index (χ3v) is 7.43. The molecule has 1 fully saturated rings. The summed E-state index contributed by atoms with van der Waals surface area (Å²) in [7, 11) is 0. The summed E-state index contributed by atoms with van der Waals surface area (Å²) in [6, 6.07) is 12.3. The predicted molar refractivity (Wildman–Crippen MR) is 136 cm³/mol. The summed E-state index contributed by atoms with van der Waals surface area (Å²) in [5.74, 6) is 1.69. The highest BCUT2D eigenvalue weighted by atomic mass is 16.1.